The van der Waals surface area contributed by atoms with Gasteiger partial charge in [0.2, 0.25) is 0 Å². The number of hydrogen-bond donors (Lipinski definition) is 1. The van der Waals surface area contributed by atoms with Crippen LogP contribution in [0.3, 0.4) is 0 Å². The van der Waals surface area contributed by atoms with Crippen molar-refractivity contribution in [3.05, 3.63) is 51.2 Å². The molecule has 0 bridgehead atoms. The Hall–Kier alpha value is -1.26. The summed E-state index contributed by atoms with van der Waals surface area (Å²) in [4.78, 5) is 5.37. The van der Waals surface area contributed by atoms with Gasteiger partial charge in [0.1, 0.15) is 5.82 Å². The molecule has 1 atom stereocenters. The van der Waals surface area contributed by atoms with Crippen LogP contribution in [0.25, 0.3) is 0 Å². The summed E-state index contributed by atoms with van der Waals surface area (Å²) in [6.07, 6.45) is 0. The first-order chi connectivity index (χ1) is 8.13. The van der Waals surface area contributed by atoms with Crippen LogP contribution in [0.15, 0.2) is 23.7 Å². The zero-order valence-electron chi connectivity index (χ0n) is 10.1. The van der Waals surface area contributed by atoms with Crippen LogP contribution < -0.4 is 5.32 Å². The zero-order chi connectivity index (χ0) is 12.4. The number of hydrogen-bond acceptors (Lipinski definition) is 3. The van der Waals surface area contributed by atoms with Gasteiger partial charge in [-0.2, -0.15) is 0 Å². The first-order valence-electron chi connectivity index (χ1n) is 5.46. The topological polar surface area (TPSA) is 24.9 Å². The number of halogens is 1. The molecule has 2 nitrogen and oxygen atoms in total. The largest absolute Gasteiger partial charge is 0.309 e. The van der Waals surface area contributed by atoms with Crippen molar-refractivity contribution in [1.82, 2.24) is 10.3 Å². The van der Waals surface area contributed by atoms with Crippen molar-refractivity contribution in [2.75, 3.05) is 7.05 Å². The molecule has 0 amide bonds. The fourth-order valence-electron chi connectivity index (χ4n) is 1.83. The highest BCUT2D eigenvalue weighted by atomic mass is 32.1. The van der Waals surface area contributed by atoms with Gasteiger partial charge in [-0.25, -0.2) is 9.37 Å². The third-order valence-electron chi connectivity index (χ3n) is 2.86. The quantitative estimate of drug-likeness (QED) is 0.904. The van der Waals surface area contributed by atoms with E-state index in [4.69, 9.17) is 0 Å². The van der Waals surface area contributed by atoms with Gasteiger partial charge < -0.3 is 5.32 Å². The Bertz CT molecular complexity index is 522. The number of thiazole rings is 1. The van der Waals surface area contributed by atoms with E-state index in [1.54, 1.807) is 24.3 Å². The van der Waals surface area contributed by atoms with Crippen molar-refractivity contribution < 1.29 is 4.39 Å². The maximum Gasteiger partial charge on any atom is 0.126 e. The molecule has 0 aliphatic carbocycles. The van der Waals surface area contributed by atoms with Crippen LogP contribution in [0.4, 0.5) is 4.39 Å². The molecule has 0 saturated heterocycles. The highest BCUT2D eigenvalue weighted by Crippen LogP contribution is 2.28. The van der Waals surface area contributed by atoms with E-state index in [-0.39, 0.29) is 11.9 Å². The molecule has 0 aliphatic heterocycles. The summed E-state index contributed by atoms with van der Waals surface area (Å²) in [7, 11) is 1.88. The molecule has 0 aliphatic rings. The Morgan fingerprint density at radius 1 is 1.35 bits per heavy atom. The first-order valence-corrected chi connectivity index (χ1v) is 6.34. The van der Waals surface area contributed by atoms with Crippen molar-refractivity contribution in [3.63, 3.8) is 0 Å². The molecule has 1 heterocycles. The van der Waals surface area contributed by atoms with Crippen LogP contribution in [0.2, 0.25) is 0 Å². The van der Waals surface area contributed by atoms with Gasteiger partial charge in [-0.05, 0) is 38.1 Å². The second-order valence-corrected chi connectivity index (χ2v) is 4.92. The average molecular weight is 250 g/mol. The molecule has 17 heavy (non-hydrogen) atoms. The fourth-order valence-corrected chi connectivity index (χ4v) is 2.76. The lowest BCUT2D eigenvalue weighted by Crippen LogP contribution is -2.17. The number of aryl methyl sites for hydroxylation is 2. The van der Waals surface area contributed by atoms with Crippen LogP contribution in [0, 0.1) is 19.7 Å². The summed E-state index contributed by atoms with van der Waals surface area (Å²) in [5, 5.41) is 3.21. The molecule has 2 aromatic rings. The minimum absolute atomic E-state index is 0.0117. The van der Waals surface area contributed by atoms with Gasteiger partial charge >= 0.3 is 0 Å². The Balaban J connectivity index is 2.42. The van der Waals surface area contributed by atoms with Crippen LogP contribution in [-0.4, -0.2) is 12.0 Å². The Morgan fingerprint density at radius 3 is 2.65 bits per heavy atom. The molecule has 4 heteroatoms. The van der Waals surface area contributed by atoms with Gasteiger partial charge in [0.05, 0.1) is 17.2 Å². The number of aromatic nitrogens is 1. The van der Waals surface area contributed by atoms with Crippen molar-refractivity contribution in [2.24, 2.45) is 0 Å². The van der Waals surface area contributed by atoms with E-state index in [0.717, 1.165) is 16.1 Å². The first kappa shape index (κ1) is 12.2. The van der Waals surface area contributed by atoms with E-state index >= 15 is 0 Å². The lowest BCUT2D eigenvalue weighted by Gasteiger charge is -2.16. The minimum atomic E-state index is -0.162. The van der Waals surface area contributed by atoms with Crippen LogP contribution >= 0.6 is 11.3 Å². The summed E-state index contributed by atoms with van der Waals surface area (Å²) in [6, 6.07) is 5.37. The van der Waals surface area contributed by atoms with Crippen molar-refractivity contribution >= 4 is 11.3 Å². The summed E-state index contributed by atoms with van der Waals surface area (Å²) in [5.41, 5.74) is 4.42. The molecule has 0 radical (unpaired) electrons. The molecule has 0 fully saturated rings. The van der Waals surface area contributed by atoms with E-state index < -0.39 is 0 Å². The highest BCUT2D eigenvalue weighted by Gasteiger charge is 2.17. The van der Waals surface area contributed by atoms with Gasteiger partial charge in [-0.1, -0.05) is 12.1 Å². The fraction of sp³-hybridized carbons (Fsp3) is 0.308. The van der Waals surface area contributed by atoms with Crippen LogP contribution in [-0.2, 0) is 0 Å². The molecule has 1 aromatic carbocycles. The van der Waals surface area contributed by atoms with E-state index in [0.29, 0.717) is 5.56 Å². The predicted molar refractivity (Wildman–Crippen MR) is 68.9 cm³/mol. The van der Waals surface area contributed by atoms with Crippen LogP contribution in [0.5, 0.6) is 0 Å². The third kappa shape index (κ3) is 2.37. The van der Waals surface area contributed by atoms with E-state index in [1.165, 1.54) is 0 Å². The van der Waals surface area contributed by atoms with Crippen molar-refractivity contribution in [1.29, 1.82) is 0 Å². The second-order valence-electron chi connectivity index (χ2n) is 4.03. The van der Waals surface area contributed by atoms with Crippen molar-refractivity contribution in [3.8, 4) is 0 Å². The lowest BCUT2D eigenvalue weighted by molar-refractivity contribution is 0.609. The zero-order valence-corrected chi connectivity index (χ0v) is 10.9. The molecule has 2 rings (SSSR count). The minimum Gasteiger partial charge on any atom is -0.309 e. The monoisotopic (exact) mass is 250 g/mol. The highest BCUT2D eigenvalue weighted by molar-refractivity contribution is 7.09. The molecule has 1 aromatic heterocycles. The molecule has 1 unspecified atom stereocenters. The number of rotatable bonds is 3. The SMILES string of the molecule is CNC(c1ccc(C)c(F)c1)c1scnc1C. The summed E-state index contributed by atoms with van der Waals surface area (Å²) < 4.78 is 13.6. The van der Waals surface area contributed by atoms with Crippen LogP contribution in [0.1, 0.15) is 27.7 Å². The van der Waals surface area contributed by atoms with Crippen molar-refractivity contribution in [2.45, 2.75) is 19.9 Å². The molecule has 90 valence electrons. The molecule has 0 saturated carbocycles. The average Bonchev–Trinajstić information content (AvgIpc) is 2.71. The molecular formula is C13H15FN2S. The lowest BCUT2D eigenvalue weighted by atomic mass is 10.0. The standard InChI is InChI=1S/C13H15FN2S/c1-8-4-5-10(6-11(8)14)12(15-3)13-9(2)16-7-17-13/h4-7,12,15H,1-3H3. The smallest absolute Gasteiger partial charge is 0.126 e. The number of nitrogens with zero attached hydrogens (tertiary/aromatic N) is 1. The molecule has 1 N–H and O–H groups in total. The van der Waals surface area contributed by atoms with E-state index in [9.17, 15) is 4.39 Å². The maximum atomic E-state index is 13.6. The van der Waals surface area contributed by atoms with E-state index in [1.807, 2.05) is 31.6 Å². The molecule has 0 spiro atoms. The summed E-state index contributed by atoms with van der Waals surface area (Å²) >= 11 is 1.59. The Kier molecular flexibility index (Phi) is 3.54. The number of benzene rings is 1. The van der Waals surface area contributed by atoms with Gasteiger partial charge in [0, 0.05) is 4.88 Å². The third-order valence-corrected chi connectivity index (χ3v) is 3.86. The summed E-state index contributed by atoms with van der Waals surface area (Å²) in [6.45, 7) is 3.74. The molecular weight excluding hydrogens is 235 g/mol. The van der Waals surface area contributed by atoms with Gasteiger partial charge in [0.25, 0.3) is 0 Å². The second kappa shape index (κ2) is 4.94. The van der Waals surface area contributed by atoms with Gasteiger partial charge in [-0.15, -0.1) is 11.3 Å². The van der Waals surface area contributed by atoms with Gasteiger partial charge in [0.15, 0.2) is 0 Å². The summed E-state index contributed by atoms with van der Waals surface area (Å²) in [5.74, 6) is -0.162. The number of nitrogens with one attached hydrogen (secondary N) is 1. The Morgan fingerprint density at radius 2 is 2.12 bits per heavy atom. The maximum absolute atomic E-state index is 13.6. The Labute approximate surface area is 105 Å². The van der Waals surface area contributed by atoms with E-state index in [2.05, 4.69) is 10.3 Å². The predicted octanol–water partition coefficient (Wildman–Crippen LogP) is 3.21. The van der Waals surface area contributed by atoms with Gasteiger partial charge in [-0.3, -0.25) is 0 Å². The normalized spacial score (nSPS) is 12.7.